The fraction of sp³-hybridized carbons (Fsp3) is 0.379. The molecule has 1 aliphatic rings. The number of nitrogens with one attached hydrogen (secondary N) is 2. The van der Waals surface area contributed by atoms with Gasteiger partial charge < -0.3 is 36.1 Å². The van der Waals surface area contributed by atoms with Gasteiger partial charge in [-0.15, -0.1) is 0 Å². The van der Waals surface area contributed by atoms with Gasteiger partial charge in [0.15, 0.2) is 0 Å². The number of amides is 1. The van der Waals surface area contributed by atoms with Gasteiger partial charge in [-0.3, -0.25) is 4.79 Å². The van der Waals surface area contributed by atoms with Crippen LogP contribution in [0.5, 0.6) is 5.75 Å². The number of hydrogen-bond donors (Lipinski definition) is 5. The Hall–Kier alpha value is -4.05. The van der Waals surface area contributed by atoms with E-state index in [0.717, 1.165) is 22.2 Å². The number of halogens is 2. The number of aliphatic imine (C=N–C) groups is 1. The third kappa shape index (κ3) is 8.31. The lowest BCUT2D eigenvalue weighted by Crippen LogP contribution is -2.37. The third-order valence-corrected chi connectivity index (χ3v) is 8.16. The van der Waals surface area contributed by atoms with Crippen LogP contribution < -0.4 is 21.1 Å². The van der Waals surface area contributed by atoms with E-state index in [9.17, 15) is 27.1 Å². The van der Waals surface area contributed by atoms with Gasteiger partial charge in [0.25, 0.3) is 11.8 Å². The van der Waals surface area contributed by atoms with Crippen LogP contribution in [0.1, 0.15) is 34.5 Å². The van der Waals surface area contributed by atoms with Crippen molar-refractivity contribution >= 4 is 27.6 Å². The van der Waals surface area contributed by atoms with Gasteiger partial charge in [-0.1, -0.05) is 36.9 Å². The highest BCUT2D eigenvalue weighted by Gasteiger charge is 2.41. The van der Waals surface area contributed by atoms with Crippen LogP contribution >= 0.6 is 0 Å². The molecule has 0 radical (unpaired) electrons. The van der Waals surface area contributed by atoms with E-state index in [1.807, 2.05) is 0 Å². The van der Waals surface area contributed by atoms with Gasteiger partial charge in [0, 0.05) is 32.5 Å². The molecule has 2 unspecified atom stereocenters. The molecule has 240 valence electrons. The molecular weight excluding hydrogens is 600 g/mol. The number of ether oxygens (including phenoxy) is 2. The molecule has 2 aromatic carbocycles. The number of hydrogen-bond acceptors (Lipinski definition) is 8. The van der Waals surface area contributed by atoms with Crippen molar-refractivity contribution in [2.75, 3.05) is 38.9 Å². The zero-order valence-electron chi connectivity index (χ0n) is 24.8. The third-order valence-electron chi connectivity index (χ3n) is 6.89. The molecule has 0 fully saturated rings. The lowest BCUT2D eigenvalue weighted by atomic mass is 10.1. The monoisotopic (exact) mass is 637 g/mol. The van der Waals surface area contributed by atoms with Crippen LogP contribution in [-0.4, -0.2) is 86.5 Å². The molecular formula is C29H37F2N5O7S. The number of nitrogens with zero attached hydrogens (tertiary/aromatic N) is 2. The SMILES string of the molecule is C=C/C(=C(\N=C(/N)Nc1ccc(C(=O)NCC(O)CO)cc1OC)OC1Cc2ccccc2[C@H]1N(C)S(C)(=O)=O)C(C)(F)F. The summed E-state index contributed by atoms with van der Waals surface area (Å²) in [6.45, 7) is 3.44. The zero-order valence-corrected chi connectivity index (χ0v) is 25.6. The Bertz CT molecular complexity index is 1540. The van der Waals surface area contributed by atoms with Crippen LogP contribution in [0.3, 0.4) is 0 Å². The van der Waals surface area contributed by atoms with Gasteiger partial charge in [0.2, 0.25) is 21.9 Å². The first-order valence-corrected chi connectivity index (χ1v) is 15.2. The number of likely N-dealkylation sites (N-methyl/N-ethyl adjacent to an activating group) is 1. The maximum absolute atomic E-state index is 14.7. The topological polar surface area (TPSA) is 176 Å². The molecule has 0 aliphatic heterocycles. The summed E-state index contributed by atoms with van der Waals surface area (Å²) in [6, 6.07) is 10.5. The Balaban J connectivity index is 1.97. The number of methoxy groups -OCH3 is 1. The van der Waals surface area contributed by atoms with Crippen LogP contribution in [0, 0.1) is 0 Å². The fourth-order valence-corrected chi connectivity index (χ4v) is 5.28. The van der Waals surface area contributed by atoms with Gasteiger partial charge in [-0.25, -0.2) is 17.2 Å². The standard InChI is InChI=1S/C29H37F2N5O7S/c1-6-21(29(2,30)31)27(43-24-13-17-9-7-8-10-20(17)25(24)36(3)44(5,40)41)35-28(32)34-22-12-11-18(14-23(22)42-4)26(39)33-15-19(38)16-37/h6-12,14,19,24-25,37-38H,1,13,15-16H2,2-5H3,(H,33,39)(H3,32,34,35)/b27-21-/t19?,24?,25-/m1/s1. The Morgan fingerprint density at radius 3 is 2.59 bits per heavy atom. The number of guanidine groups is 1. The van der Waals surface area contributed by atoms with Crippen molar-refractivity contribution < 1.29 is 41.7 Å². The van der Waals surface area contributed by atoms with Gasteiger partial charge >= 0.3 is 0 Å². The molecule has 1 amide bonds. The molecule has 12 nitrogen and oxygen atoms in total. The molecule has 0 aromatic heterocycles. The zero-order chi connectivity index (χ0) is 32.8. The number of aliphatic hydroxyl groups excluding tert-OH is 2. The van der Waals surface area contributed by atoms with Crippen molar-refractivity contribution in [3.8, 4) is 5.75 Å². The molecule has 0 spiro atoms. The minimum absolute atomic E-state index is 0.149. The van der Waals surface area contributed by atoms with E-state index in [0.29, 0.717) is 12.5 Å². The van der Waals surface area contributed by atoms with Crippen LogP contribution in [-0.2, 0) is 21.2 Å². The molecule has 0 saturated heterocycles. The molecule has 6 N–H and O–H groups in total. The first-order valence-electron chi connectivity index (χ1n) is 13.4. The summed E-state index contributed by atoms with van der Waals surface area (Å²) in [5.74, 6) is -4.81. The smallest absolute Gasteiger partial charge is 0.275 e. The first-order chi connectivity index (χ1) is 20.6. The quantitative estimate of drug-likeness (QED) is 0.0954. The van der Waals surface area contributed by atoms with Crippen LogP contribution in [0.15, 0.2) is 71.6 Å². The maximum atomic E-state index is 14.7. The highest BCUT2D eigenvalue weighted by molar-refractivity contribution is 7.88. The summed E-state index contributed by atoms with van der Waals surface area (Å²) in [5.41, 5.74) is 7.31. The minimum Gasteiger partial charge on any atom is -0.495 e. The van der Waals surface area contributed by atoms with E-state index in [-0.39, 0.29) is 35.9 Å². The summed E-state index contributed by atoms with van der Waals surface area (Å²) in [5, 5.41) is 23.6. The molecule has 44 heavy (non-hydrogen) atoms. The molecule has 15 heteroatoms. The molecule has 0 saturated carbocycles. The lowest BCUT2D eigenvalue weighted by molar-refractivity contribution is 0.0379. The van der Waals surface area contributed by atoms with Gasteiger partial charge in [0.05, 0.1) is 43.4 Å². The Labute approximate surface area is 254 Å². The molecule has 2 aromatic rings. The largest absolute Gasteiger partial charge is 0.495 e. The number of carbonyl (C=O) groups is 1. The number of carbonyl (C=O) groups excluding carboxylic acids is 1. The molecule has 0 heterocycles. The highest BCUT2D eigenvalue weighted by Crippen LogP contribution is 2.40. The molecule has 3 atom stereocenters. The van der Waals surface area contributed by atoms with E-state index >= 15 is 0 Å². The second-order valence-electron chi connectivity index (χ2n) is 10.2. The number of alkyl halides is 2. The van der Waals surface area contributed by atoms with Crippen molar-refractivity contribution in [3.63, 3.8) is 0 Å². The van der Waals surface area contributed by atoms with Crippen LogP contribution in [0.2, 0.25) is 0 Å². The number of nitrogens with two attached hydrogens (primary N) is 1. The van der Waals surface area contributed by atoms with E-state index in [1.165, 1.54) is 32.4 Å². The van der Waals surface area contributed by atoms with Crippen molar-refractivity contribution in [3.05, 3.63) is 83.3 Å². The maximum Gasteiger partial charge on any atom is 0.275 e. The normalized spacial score (nSPS) is 18.2. The van der Waals surface area contributed by atoms with Crippen LogP contribution in [0.4, 0.5) is 14.5 Å². The molecule has 1 aliphatic carbocycles. The molecule has 3 rings (SSSR count). The number of sulfonamides is 1. The summed E-state index contributed by atoms with van der Waals surface area (Å²) >= 11 is 0. The second-order valence-corrected chi connectivity index (χ2v) is 12.2. The fourth-order valence-electron chi connectivity index (χ4n) is 4.62. The molecule has 0 bridgehead atoms. The van der Waals surface area contributed by atoms with E-state index < -0.39 is 58.2 Å². The number of anilines is 1. The summed E-state index contributed by atoms with van der Waals surface area (Å²) in [7, 11) is -0.992. The average molecular weight is 638 g/mol. The number of allylic oxidation sites excluding steroid dienone is 2. The van der Waals surface area contributed by atoms with E-state index in [1.54, 1.807) is 24.3 Å². The van der Waals surface area contributed by atoms with Crippen molar-refractivity contribution in [2.24, 2.45) is 10.7 Å². The van der Waals surface area contributed by atoms with Gasteiger partial charge in [0.1, 0.15) is 11.9 Å². The number of fused-ring (bicyclic) bond motifs is 1. The average Bonchev–Trinajstić information content (AvgIpc) is 3.31. The summed E-state index contributed by atoms with van der Waals surface area (Å²) in [6.07, 6.45) is 0.0779. The van der Waals surface area contributed by atoms with Gasteiger partial charge in [-0.2, -0.15) is 9.30 Å². The Morgan fingerprint density at radius 2 is 2.00 bits per heavy atom. The van der Waals surface area contributed by atoms with Gasteiger partial charge in [-0.05, 0) is 29.3 Å². The first kappa shape index (κ1) is 34.4. The predicted octanol–water partition coefficient (Wildman–Crippen LogP) is 2.13. The summed E-state index contributed by atoms with van der Waals surface area (Å²) in [4.78, 5) is 16.5. The minimum atomic E-state index is -3.71. The number of benzene rings is 2. The Morgan fingerprint density at radius 1 is 1.32 bits per heavy atom. The Kier molecular flexibility index (Phi) is 11.1. The summed E-state index contributed by atoms with van der Waals surface area (Å²) < 4.78 is 67.0. The number of rotatable bonds is 13. The van der Waals surface area contributed by atoms with Crippen molar-refractivity contribution in [2.45, 2.75) is 37.5 Å². The lowest BCUT2D eigenvalue weighted by Gasteiger charge is -2.30. The second kappa shape index (κ2) is 14.2. The van der Waals surface area contributed by atoms with Crippen LogP contribution in [0.25, 0.3) is 0 Å². The highest BCUT2D eigenvalue weighted by atomic mass is 32.2. The van der Waals surface area contributed by atoms with Crippen molar-refractivity contribution in [1.82, 2.24) is 9.62 Å². The van der Waals surface area contributed by atoms with E-state index in [2.05, 4.69) is 22.2 Å². The van der Waals surface area contributed by atoms with E-state index in [4.69, 9.17) is 20.3 Å². The van der Waals surface area contributed by atoms with Crippen molar-refractivity contribution in [1.29, 1.82) is 0 Å². The predicted molar refractivity (Wildman–Crippen MR) is 162 cm³/mol. The number of aliphatic hydroxyl groups is 2.